The summed E-state index contributed by atoms with van der Waals surface area (Å²) >= 11 is 0. The van der Waals surface area contributed by atoms with Crippen molar-refractivity contribution in [2.45, 2.75) is 38.3 Å². The van der Waals surface area contributed by atoms with Gasteiger partial charge in [0.2, 0.25) is 17.7 Å². The van der Waals surface area contributed by atoms with Crippen LogP contribution in [0.1, 0.15) is 35.7 Å². The van der Waals surface area contributed by atoms with Gasteiger partial charge in [0, 0.05) is 13.1 Å². The van der Waals surface area contributed by atoms with Crippen LogP contribution < -0.4 is 26.0 Å². The Bertz CT molecular complexity index is 1060. The maximum absolute atomic E-state index is 13.1. The van der Waals surface area contributed by atoms with Gasteiger partial charge in [-0.25, -0.2) is 4.39 Å². The molecule has 0 saturated heterocycles. The molecule has 1 heterocycles. The summed E-state index contributed by atoms with van der Waals surface area (Å²) in [7, 11) is 0. The highest BCUT2D eigenvalue weighted by Gasteiger charge is 2.27. The molecule has 0 saturated carbocycles. The second kappa shape index (κ2) is 12.5. The summed E-state index contributed by atoms with van der Waals surface area (Å²) in [5.74, 6) is -2.07. The fourth-order valence-corrected chi connectivity index (χ4v) is 3.50. The predicted octanol–water partition coefficient (Wildman–Crippen LogP) is 1.08. The van der Waals surface area contributed by atoms with E-state index in [4.69, 9.17) is 4.74 Å². The van der Waals surface area contributed by atoms with Crippen molar-refractivity contribution < 1.29 is 28.3 Å². The van der Waals surface area contributed by atoms with Crippen molar-refractivity contribution in [1.29, 1.82) is 0 Å². The molecule has 9 nitrogen and oxygen atoms in total. The van der Waals surface area contributed by atoms with Crippen LogP contribution in [-0.4, -0.2) is 55.4 Å². The van der Waals surface area contributed by atoms with Crippen LogP contribution in [0.25, 0.3) is 0 Å². The number of carbonyl (C=O) groups excluding carboxylic acids is 4. The second-order valence-corrected chi connectivity index (χ2v) is 8.18. The maximum Gasteiger partial charge on any atom is 0.255 e. The van der Waals surface area contributed by atoms with E-state index in [-0.39, 0.29) is 36.9 Å². The van der Waals surface area contributed by atoms with Gasteiger partial charge in [-0.05, 0) is 49.6 Å². The third-order valence-electron chi connectivity index (χ3n) is 5.42. The minimum absolute atomic E-state index is 0.219. The minimum Gasteiger partial charge on any atom is -0.493 e. The molecule has 3 rings (SSSR count). The lowest BCUT2D eigenvalue weighted by Gasteiger charge is -2.20. The molecule has 2 atom stereocenters. The van der Waals surface area contributed by atoms with Crippen molar-refractivity contribution in [3.05, 3.63) is 65.5 Å². The number of benzene rings is 2. The third kappa shape index (κ3) is 7.80. The highest BCUT2D eigenvalue weighted by atomic mass is 19.1. The van der Waals surface area contributed by atoms with E-state index in [1.807, 2.05) is 0 Å². The molecule has 35 heavy (non-hydrogen) atoms. The predicted molar refractivity (Wildman–Crippen MR) is 126 cm³/mol. The fraction of sp³-hybridized carbons (Fsp3) is 0.360. The van der Waals surface area contributed by atoms with Crippen LogP contribution in [0, 0.1) is 5.82 Å². The van der Waals surface area contributed by atoms with E-state index < -0.39 is 29.8 Å². The number of ether oxygens (including phenoxy) is 1. The molecule has 0 bridgehead atoms. The molecule has 0 spiro atoms. The lowest BCUT2D eigenvalue weighted by Crippen LogP contribution is -2.51. The van der Waals surface area contributed by atoms with Gasteiger partial charge < -0.3 is 26.0 Å². The van der Waals surface area contributed by atoms with Gasteiger partial charge in [0.1, 0.15) is 23.7 Å². The first kappa shape index (κ1) is 25.7. The average Bonchev–Trinajstić information content (AvgIpc) is 2.84. The first-order chi connectivity index (χ1) is 16.8. The molecule has 0 radical (unpaired) electrons. The van der Waals surface area contributed by atoms with E-state index in [9.17, 15) is 23.6 Å². The molecule has 10 heteroatoms. The summed E-state index contributed by atoms with van der Waals surface area (Å²) in [6.45, 7) is 2.36. The Hall–Kier alpha value is -3.95. The Kier molecular flexibility index (Phi) is 9.16. The molecule has 2 aromatic carbocycles. The average molecular weight is 485 g/mol. The molecule has 0 aliphatic carbocycles. The van der Waals surface area contributed by atoms with Crippen molar-refractivity contribution in [3.8, 4) is 5.75 Å². The Morgan fingerprint density at radius 1 is 1.09 bits per heavy atom. The number of para-hydroxylation sites is 1. The van der Waals surface area contributed by atoms with Gasteiger partial charge >= 0.3 is 0 Å². The number of nitrogens with one attached hydrogen (secondary N) is 4. The van der Waals surface area contributed by atoms with Crippen LogP contribution in [0.3, 0.4) is 0 Å². The summed E-state index contributed by atoms with van der Waals surface area (Å²) in [6.07, 6.45) is 0.572. The van der Waals surface area contributed by atoms with E-state index in [2.05, 4.69) is 21.3 Å². The molecule has 0 fully saturated rings. The lowest BCUT2D eigenvalue weighted by atomic mass is 10.1. The highest BCUT2D eigenvalue weighted by molar-refractivity contribution is 6.01. The molecule has 4 N–H and O–H groups in total. The van der Waals surface area contributed by atoms with Crippen molar-refractivity contribution in [2.75, 3.05) is 19.7 Å². The SMILES string of the molecule is C[C@@H]1NC(=O)C[C@@H](C(=O)NCCc2ccc(F)cc2)NC(=O)c2ccccc2OCCCNC1=O. The van der Waals surface area contributed by atoms with Gasteiger partial charge in [0.05, 0.1) is 18.6 Å². The van der Waals surface area contributed by atoms with Crippen molar-refractivity contribution in [2.24, 2.45) is 0 Å². The van der Waals surface area contributed by atoms with Gasteiger partial charge in [-0.3, -0.25) is 19.2 Å². The van der Waals surface area contributed by atoms with Crippen molar-refractivity contribution in [3.63, 3.8) is 0 Å². The van der Waals surface area contributed by atoms with Gasteiger partial charge in [0.25, 0.3) is 5.91 Å². The molecule has 0 unspecified atom stereocenters. The molecular weight excluding hydrogens is 455 g/mol. The van der Waals surface area contributed by atoms with Gasteiger partial charge in [0.15, 0.2) is 0 Å². The van der Waals surface area contributed by atoms with Crippen LogP contribution >= 0.6 is 0 Å². The molecule has 2 aromatic rings. The summed E-state index contributed by atoms with van der Waals surface area (Å²) in [5.41, 5.74) is 1.05. The monoisotopic (exact) mass is 484 g/mol. The zero-order chi connectivity index (χ0) is 25.2. The summed E-state index contributed by atoms with van der Waals surface area (Å²) in [6, 6.07) is 10.5. The smallest absolute Gasteiger partial charge is 0.255 e. The van der Waals surface area contributed by atoms with E-state index >= 15 is 0 Å². The fourth-order valence-electron chi connectivity index (χ4n) is 3.50. The topological polar surface area (TPSA) is 126 Å². The van der Waals surface area contributed by atoms with Crippen molar-refractivity contribution in [1.82, 2.24) is 21.3 Å². The third-order valence-corrected chi connectivity index (χ3v) is 5.42. The Labute approximate surface area is 202 Å². The molecular formula is C25H29FN4O5. The minimum atomic E-state index is -1.19. The zero-order valence-corrected chi connectivity index (χ0v) is 19.4. The van der Waals surface area contributed by atoms with Crippen LogP contribution in [0.4, 0.5) is 4.39 Å². The largest absolute Gasteiger partial charge is 0.493 e. The van der Waals surface area contributed by atoms with Crippen LogP contribution in [0.2, 0.25) is 0 Å². The zero-order valence-electron chi connectivity index (χ0n) is 19.4. The first-order valence-electron chi connectivity index (χ1n) is 11.5. The van der Waals surface area contributed by atoms with E-state index in [1.165, 1.54) is 19.1 Å². The number of halogens is 1. The molecule has 1 aliphatic heterocycles. The molecule has 0 aromatic heterocycles. The molecule has 1 aliphatic rings. The van der Waals surface area contributed by atoms with Crippen LogP contribution in [0.5, 0.6) is 5.75 Å². The standard InChI is InChI=1S/C25H29FN4O5/c1-16-23(32)27-12-4-14-35-21-6-3-2-5-19(21)24(33)30-20(15-22(31)29-16)25(34)28-13-11-17-7-9-18(26)10-8-17/h2-3,5-10,16,20H,4,11-15H2,1H3,(H,27,32)(H,28,34)(H,29,31)(H,30,33)/t16-,20-/m0/s1. The Balaban J connectivity index is 1.74. The lowest BCUT2D eigenvalue weighted by molar-refractivity contribution is -0.130. The molecule has 186 valence electrons. The summed E-state index contributed by atoms with van der Waals surface area (Å²) < 4.78 is 18.8. The number of amides is 4. The van der Waals surface area contributed by atoms with Gasteiger partial charge in [-0.1, -0.05) is 24.3 Å². The van der Waals surface area contributed by atoms with E-state index in [0.717, 1.165) is 5.56 Å². The van der Waals surface area contributed by atoms with Crippen LogP contribution in [0.15, 0.2) is 48.5 Å². The number of carbonyl (C=O) groups is 4. The van der Waals surface area contributed by atoms with Crippen LogP contribution in [-0.2, 0) is 20.8 Å². The number of hydrogen-bond donors (Lipinski definition) is 4. The van der Waals surface area contributed by atoms with Crippen molar-refractivity contribution >= 4 is 23.6 Å². The number of fused-ring (bicyclic) bond motifs is 1. The normalized spacial score (nSPS) is 19.5. The van der Waals surface area contributed by atoms with E-state index in [1.54, 1.807) is 36.4 Å². The highest BCUT2D eigenvalue weighted by Crippen LogP contribution is 2.18. The van der Waals surface area contributed by atoms with E-state index in [0.29, 0.717) is 25.1 Å². The summed E-state index contributed by atoms with van der Waals surface area (Å²) in [4.78, 5) is 50.7. The Morgan fingerprint density at radius 3 is 2.60 bits per heavy atom. The summed E-state index contributed by atoms with van der Waals surface area (Å²) in [5, 5.41) is 10.6. The number of hydrogen-bond acceptors (Lipinski definition) is 5. The quantitative estimate of drug-likeness (QED) is 0.517. The first-order valence-corrected chi connectivity index (χ1v) is 11.5. The second-order valence-electron chi connectivity index (χ2n) is 8.18. The molecule has 4 amide bonds. The Morgan fingerprint density at radius 2 is 1.83 bits per heavy atom. The van der Waals surface area contributed by atoms with Gasteiger partial charge in [-0.2, -0.15) is 0 Å². The number of rotatable bonds is 4. The maximum atomic E-state index is 13.1. The van der Waals surface area contributed by atoms with Gasteiger partial charge in [-0.15, -0.1) is 0 Å².